The van der Waals surface area contributed by atoms with Gasteiger partial charge in [-0.15, -0.1) is 0 Å². The van der Waals surface area contributed by atoms with Crippen molar-refractivity contribution in [2.75, 3.05) is 13.2 Å². The third-order valence-corrected chi connectivity index (χ3v) is 4.21. The van der Waals surface area contributed by atoms with E-state index in [0.717, 1.165) is 25.7 Å². The quantitative estimate of drug-likeness (QED) is 0.741. The van der Waals surface area contributed by atoms with Crippen molar-refractivity contribution in [3.05, 3.63) is 0 Å². The molecule has 1 rings (SSSR count). The molecule has 0 aromatic rings. The monoisotopic (exact) mass is 255 g/mol. The van der Waals surface area contributed by atoms with Gasteiger partial charge in [0.05, 0.1) is 6.61 Å². The Morgan fingerprint density at radius 2 is 1.72 bits per heavy atom. The topological polar surface area (TPSA) is 40.5 Å². The summed E-state index contributed by atoms with van der Waals surface area (Å²) in [5.74, 6) is 0.499. The maximum atomic E-state index is 12.6. The van der Waals surface area contributed by atoms with Crippen molar-refractivity contribution in [1.29, 1.82) is 0 Å². The molecule has 3 nitrogen and oxygen atoms in total. The predicted octanol–water partition coefficient (Wildman–Crippen LogP) is 2.97. The maximum absolute atomic E-state index is 12.6. The average Bonchev–Trinajstić information content (AvgIpc) is 2.67. The van der Waals surface area contributed by atoms with Crippen LogP contribution in [0.2, 0.25) is 0 Å². The lowest BCUT2D eigenvalue weighted by molar-refractivity contribution is -0.139. The number of rotatable bonds is 6. The Balaban J connectivity index is 2.67. The molecule has 1 fully saturated rings. The zero-order valence-corrected chi connectivity index (χ0v) is 12.0. The van der Waals surface area contributed by atoms with Gasteiger partial charge in [0.1, 0.15) is 0 Å². The fourth-order valence-corrected chi connectivity index (χ4v) is 3.07. The highest BCUT2D eigenvalue weighted by Gasteiger charge is 2.28. The molecule has 18 heavy (non-hydrogen) atoms. The summed E-state index contributed by atoms with van der Waals surface area (Å²) in [5.41, 5.74) is 0. The number of hydrogen-bond donors (Lipinski definition) is 1. The van der Waals surface area contributed by atoms with Crippen molar-refractivity contribution in [3.8, 4) is 0 Å². The minimum atomic E-state index is 0.0783. The van der Waals surface area contributed by atoms with Crippen LogP contribution in [-0.2, 0) is 4.79 Å². The molecule has 1 aliphatic carbocycles. The SMILES string of the molecule is CCC(CC)N(CCO)C(=O)C1CCCCCC1. The Morgan fingerprint density at radius 1 is 1.17 bits per heavy atom. The average molecular weight is 255 g/mol. The summed E-state index contributed by atoms with van der Waals surface area (Å²) in [6, 6.07) is 0.299. The minimum Gasteiger partial charge on any atom is -0.395 e. The molecule has 106 valence electrons. The highest BCUT2D eigenvalue weighted by Crippen LogP contribution is 2.26. The molecule has 0 bridgehead atoms. The number of carbonyl (C=O) groups is 1. The highest BCUT2D eigenvalue weighted by molar-refractivity contribution is 5.79. The summed E-state index contributed by atoms with van der Waals surface area (Å²) in [6.07, 6.45) is 8.97. The number of carbonyl (C=O) groups excluding carboxylic acids is 1. The molecule has 0 atom stereocenters. The Hall–Kier alpha value is -0.570. The molecule has 0 heterocycles. The van der Waals surface area contributed by atoms with Crippen LogP contribution in [0.5, 0.6) is 0 Å². The van der Waals surface area contributed by atoms with Crippen LogP contribution in [0.15, 0.2) is 0 Å². The van der Waals surface area contributed by atoms with E-state index in [1.807, 2.05) is 4.90 Å². The van der Waals surface area contributed by atoms with E-state index in [4.69, 9.17) is 0 Å². The van der Waals surface area contributed by atoms with Gasteiger partial charge in [0.2, 0.25) is 5.91 Å². The van der Waals surface area contributed by atoms with E-state index < -0.39 is 0 Å². The van der Waals surface area contributed by atoms with Crippen molar-refractivity contribution in [3.63, 3.8) is 0 Å². The first-order valence-corrected chi connectivity index (χ1v) is 7.65. The van der Waals surface area contributed by atoms with Gasteiger partial charge < -0.3 is 10.0 Å². The lowest BCUT2D eigenvalue weighted by Crippen LogP contribution is -2.44. The van der Waals surface area contributed by atoms with Gasteiger partial charge in [-0.1, -0.05) is 39.5 Å². The van der Waals surface area contributed by atoms with Crippen LogP contribution in [0, 0.1) is 5.92 Å². The van der Waals surface area contributed by atoms with Crippen LogP contribution < -0.4 is 0 Å². The van der Waals surface area contributed by atoms with Gasteiger partial charge in [-0.25, -0.2) is 0 Å². The largest absolute Gasteiger partial charge is 0.395 e. The number of amides is 1. The van der Waals surface area contributed by atoms with Crippen molar-refractivity contribution < 1.29 is 9.90 Å². The molecule has 0 radical (unpaired) electrons. The van der Waals surface area contributed by atoms with Gasteiger partial charge in [0, 0.05) is 18.5 Å². The molecule has 1 N–H and O–H groups in total. The van der Waals surface area contributed by atoms with Gasteiger partial charge >= 0.3 is 0 Å². The molecule has 3 heteroatoms. The molecule has 0 unspecified atom stereocenters. The standard InChI is InChI=1S/C15H29NO2/c1-3-14(4-2)16(11-12-17)15(18)13-9-7-5-6-8-10-13/h13-14,17H,3-12H2,1-2H3. The van der Waals surface area contributed by atoms with E-state index in [0.29, 0.717) is 18.5 Å². The lowest BCUT2D eigenvalue weighted by Gasteiger charge is -2.33. The molecule has 0 aromatic heterocycles. The van der Waals surface area contributed by atoms with Crippen molar-refractivity contribution in [2.24, 2.45) is 5.92 Å². The number of aliphatic hydroxyl groups excluding tert-OH is 1. The minimum absolute atomic E-state index is 0.0783. The highest BCUT2D eigenvalue weighted by atomic mass is 16.3. The van der Waals surface area contributed by atoms with E-state index in [9.17, 15) is 9.90 Å². The van der Waals surface area contributed by atoms with Gasteiger partial charge in [0.15, 0.2) is 0 Å². The summed E-state index contributed by atoms with van der Waals surface area (Å²) >= 11 is 0. The van der Waals surface area contributed by atoms with Crippen LogP contribution in [-0.4, -0.2) is 35.1 Å². The van der Waals surface area contributed by atoms with Crippen LogP contribution in [0.25, 0.3) is 0 Å². The zero-order chi connectivity index (χ0) is 13.4. The zero-order valence-electron chi connectivity index (χ0n) is 12.0. The fourth-order valence-electron chi connectivity index (χ4n) is 3.07. The van der Waals surface area contributed by atoms with Gasteiger partial charge in [-0.05, 0) is 25.7 Å². The Kier molecular flexibility index (Phi) is 7.33. The summed E-state index contributed by atoms with van der Waals surface area (Å²) in [6.45, 7) is 4.83. The molecule has 0 spiro atoms. The van der Waals surface area contributed by atoms with E-state index in [1.54, 1.807) is 0 Å². The van der Waals surface area contributed by atoms with E-state index >= 15 is 0 Å². The normalized spacial score (nSPS) is 17.8. The van der Waals surface area contributed by atoms with Crippen LogP contribution >= 0.6 is 0 Å². The third-order valence-electron chi connectivity index (χ3n) is 4.21. The summed E-state index contributed by atoms with van der Waals surface area (Å²) in [5, 5.41) is 9.19. The smallest absolute Gasteiger partial charge is 0.226 e. The van der Waals surface area contributed by atoms with Gasteiger partial charge in [-0.2, -0.15) is 0 Å². The first-order valence-electron chi connectivity index (χ1n) is 7.65. The predicted molar refractivity (Wildman–Crippen MR) is 74.4 cm³/mol. The van der Waals surface area contributed by atoms with E-state index in [2.05, 4.69) is 13.8 Å². The third kappa shape index (κ3) is 4.27. The number of hydrogen-bond acceptors (Lipinski definition) is 2. The second-order valence-corrected chi connectivity index (χ2v) is 5.41. The van der Waals surface area contributed by atoms with E-state index in [-0.39, 0.29) is 12.5 Å². The maximum Gasteiger partial charge on any atom is 0.226 e. The summed E-state index contributed by atoms with van der Waals surface area (Å²) in [7, 11) is 0. The molecular formula is C15H29NO2. The number of nitrogens with zero attached hydrogens (tertiary/aromatic N) is 1. The Bertz CT molecular complexity index is 231. The lowest BCUT2D eigenvalue weighted by atomic mass is 9.97. The van der Waals surface area contributed by atoms with Crippen LogP contribution in [0.4, 0.5) is 0 Å². The summed E-state index contributed by atoms with van der Waals surface area (Å²) < 4.78 is 0. The first-order chi connectivity index (χ1) is 8.74. The molecule has 0 aromatic carbocycles. The molecule has 0 aliphatic heterocycles. The van der Waals surface area contributed by atoms with Crippen LogP contribution in [0.1, 0.15) is 65.2 Å². The van der Waals surface area contributed by atoms with Gasteiger partial charge in [-0.3, -0.25) is 4.79 Å². The molecule has 0 saturated heterocycles. The summed E-state index contributed by atoms with van der Waals surface area (Å²) in [4.78, 5) is 14.6. The molecular weight excluding hydrogens is 226 g/mol. The number of aliphatic hydroxyl groups is 1. The van der Waals surface area contributed by atoms with Crippen LogP contribution in [0.3, 0.4) is 0 Å². The first kappa shape index (κ1) is 15.5. The molecule has 1 aliphatic rings. The van der Waals surface area contributed by atoms with Crippen molar-refractivity contribution in [2.45, 2.75) is 71.3 Å². The van der Waals surface area contributed by atoms with Crippen molar-refractivity contribution in [1.82, 2.24) is 4.90 Å². The second-order valence-electron chi connectivity index (χ2n) is 5.41. The van der Waals surface area contributed by atoms with E-state index in [1.165, 1.54) is 25.7 Å². The Labute approximate surface area is 112 Å². The van der Waals surface area contributed by atoms with Gasteiger partial charge in [0.25, 0.3) is 0 Å². The fraction of sp³-hybridized carbons (Fsp3) is 0.933. The molecule has 1 amide bonds. The van der Waals surface area contributed by atoms with Crippen molar-refractivity contribution >= 4 is 5.91 Å². The molecule has 1 saturated carbocycles. The second kappa shape index (κ2) is 8.52. The Morgan fingerprint density at radius 3 is 2.17 bits per heavy atom.